The summed E-state index contributed by atoms with van der Waals surface area (Å²) < 4.78 is 0. The second-order valence-corrected chi connectivity index (χ2v) is 11.6. The third-order valence-electron chi connectivity index (χ3n) is 6.73. The van der Waals surface area contributed by atoms with Gasteiger partial charge in [-0.25, -0.2) is 0 Å². The van der Waals surface area contributed by atoms with Gasteiger partial charge >= 0.3 is 0 Å². The van der Waals surface area contributed by atoms with Gasteiger partial charge < -0.3 is 20.4 Å². The molecule has 0 spiro atoms. The van der Waals surface area contributed by atoms with Crippen molar-refractivity contribution in [2.24, 2.45) is 0 Å². The molecule has 214 valence electrons. The van der Waals surface area contributed by atoms with Gasteiger partial charge in [0.15, 0.2) is 0 Å². The molecule has 0 fully saturated rings. The lowest BCUT2D eigenvalue weighted by Gasteiger charge is -2.19. The first-order chi connectivity index (χ1) is 18.9. The molecule has 0 aliphatic carbocycles. The first-order valence-electron chi connectivity index (χ1n) is 13.5. The number of carbonyl (C=O) groups excluding carboxylic acids is 2. The number of halogens is 2. The van der Waals surface area contributed by atoms with Crippen molar-refractivity contribution in [1.29, 1.82) is 0 Å². The highest BCUT2D eigenvalue weighted by molar-refractivity contribution is 6.31. The van der Waals surface area contributed by atoms with Crippen LogP contribution in [0.25, 0.3) is 0 Å². The van der Waals surface area contributed by atoms with E-state index in [-0.39, 0.29) is 11.8 Å². The molecule has 0 aromatic heterocycles. The van der Waals surface area contributed by atoms with Gasteiger partial charge in [0.05, 0.1) is 0 Å². The Morgan fingerprint density at radius 1 is 0.675 bits per heavy atom. The van der Waals surface area contributed by atoms with E-state index in [1.54, 1.807) is 24.3 Å². The lowest BCUT2D eigenvalue weighted by atomic mass is 9.91. The monoisotopic (exact) mass is 582 g/mol. The molecular weight excluding hydrogens is 543 g/mol. The summed E-state index contributed by atoms with van der Waals surface area (Å²) in [5.41, 5.74) is 6.05. The van der Waals surface area contributed by atoms with Gasteiger partial charge in [0.2, 0.25) is 0 Å². The number of nitrogens with one attached hydrogen (secondary N) is 2. The highest BCUT2D eigenvalue weighted by Crippen LogP contribution is 2.26. The van der Waals surface area contributed by atoms with Crippen molar-refractivity contribution in [3.05, 3.63) is 92.0 Å². The van der Waals surface area contributed by atoms with E-state index in [1.807, 2.05) is 66.3 Å². The largest absolute Gasteiger partial charge is 0.322 e. The van der Waals surface area contributed by atoms with Gasteiger partial charge in [-0.3, -0.25) is 9.59 Å². The van der Waals surface area contributed by atoms with Gasteiger partial charge in [0.25, 0.3) is 11.8 Å². The smallest absolute Gasteiger partial charge is 0.256 e. The first-order valence-corrected chi connectivity index (χ1v) is 14.3. The average molecular weight is 584 g/mol. The van der Waals surface area contributed by atoms with Crippen LogP contribution in [-0.2, 0) is 12.8 Å². The second-order valence-electron chi connectivity index (χ2n) is 10.8. The number of carbonyl (C=O) groups is 2. The van der Waals surface area contributed by atoms with Crippen molar-refractivity contribution in [2.45, 2.75) is 39.5 Å². The van der Waals surface area contributed by atoms with E-state index in [1.165, 1.54) is 0 Å². The van der Waals surface area contributed by atoms with Crippen LogP contribution in [0.2, 0.25) is 10.0 Å². The maximum absolute atomic E-state index is 13.8. The van der Waals surface area contributed by atoms with Crippen LogP contribution in [0.4, 0.5) is 11.4 Å². The molecule has 0 bridgehead atoms. The quantitative estimate of drug-likeness (QED) is 0.239. The summed E-state index contributed by atoms with van der Waals surface area (Å²) in [6.07, 6.45) is 3.04. The fourth-order valence-electron chi connectivity index (χ4n) is 4.60. The zero-order valence-electron chi connectivity index (χ0n) is 24.3. The van der Waals surface area contributed by atoms with Crippen molar-refractivity contribution >= 4 is 46.4 Å². The van der Waals surface area contributed by atoms with Crippen LogP contribution in [0.3, 0.4) is 0 Å². The van der Waals surface area contributed by atoms with Crippen LogP contribution < -0.4 is 10.6 Å². The van der Waals surface area contributed by atoms with E-state index < -0.39 is 0 Å². The molecule has 40 heavy (non-hydrogen) atoms. The Labute approximate surface area is 248 Å². The number of hydrogen-bond acceptors (Lipinski definition) is 4. The molecule has 0 atom stereocenters. The number of rotatable bonds is 12. The lowest BCUT2D eigenvalue weighted by molar-refractivity contribution is 0.101. The Morgan fingerprint density at radius 3 is 1.50 bits per heavy atom. The number of anilines is 2. The average Bonchev–Trinajstić information content (AvgIpc) is 2.87. The van der Waals surface area contributed by atoms with Crippen molar-refractivity contribution in [1.82, 2.24) is 9.80 Å². The van der Waals surface area contributed by atoms with Crippen LogP contribution in [0.15, 0.2) is 48.5 Å². The number of amides is 2. The second kappa shape index (κ2) is 14.6. The Bertz CT molecular complexity index is 1320. The zero-order valence-corrected chi connectivity index (χ0v) is 25.8. The third-order valence-corrected chi connectivity index (χ3v) is 7.57. The summed E-state index contributed by atoms with van der Waals surface area (Å²) >= 11 is 12.4. The van der Waals surface area contributed by atoms with Gasteiger partial charge in [0, 0.05) is 32.5 Å². The third kappa shape index (κ3) is 9.07. The molecule has 0 saturated heterocycles. The minimum absolute atomic E-state index is 0.179. The molecule has 2 amide bonds. The standard InChI is InChI=1S/C32H40Cl2N4O2/c1-21-17-26(11-13-28(21)33)35-31(39)25-19-23(9-7-15-37(3)4)30(24(20-25)10-8-16-38(5)6)32(40)36-27-12-14-29(34)22(2)18-27/h11-14,17-20H,7-10,15-16H2,1-6H3,(H,35,39)(H,36,40). The fourth-order valence-corrected chi connectivity index (χ4v) is 4.83. The number of hydrogen-bond donors (Lipinski definition) is 2. The first kappa shape index (κ1) is 31.6. The summed E-state index contributed by atoms with van der Waals surface area (Å²) in [6, 6.07) is 14.6. The van der Waals surface area contributed by atoms with Gasteiger partial charge in [0.1, 0.15) is 0 Å². The molecule has 0 saturated carbocycles. The number of benzene rings is 3. The number of nitrogens with zero attached hydrogens (tertiary/aromatic N) is 2. The SMILES string of the molecule is Cc1cc(NC(=O)c2cc(CCCN(C)C)c(C(=O)Nc3ccc(Cl)c(C)c3)c(CCCN(C)C)c2)ccc1Cl. The summed E-state index contributed by atoms with van der Waals surface area (Å²) in [5, 5.41) is 7.38. The van der Waals surface area contributed by atoms with Crippen LogP contribution in [-0.4, -0.2) is 62.9 Å². The molecule has 0 aliphatic rings. The summed E-state index contributed by atoms with van der Waals surface area (Å²) in [5.74, 6) is -0.397. The van der Waals surface area contributed by atoms with Crippen LogP contribution in [0.5, 0.6) is 0 Å². The normalized spacial score (nSPS) is 11.2. The lowest BCUT2D eigenvalue weighted by Crippen LogP contribution is -2.21. The predicted octanol–water partition coefficient (Wildman–Crippen LogP) is 7.10. The van der Waals surface area contributed by atoms with Crippen LogP contribution in [0, 0.1) is 13.8 Å². The highest BCUT2D eigenvalue weighted by Gasteiger charge is 2.21. The number of aryl methyl sites for hydroxylation is 4. The predicted molar refractivity (Wildman–Crippen MR) is 168 cm³/mol. The van der Waals surface area contributed by atoms with E-state index >= 15 is 0 Å². The summed E-state index contributed by atoms with van der Waals surface area (Å²) in [4.78, 5) is 31.5. The molecule has 6 nitrogen and oxygen atoms in total. The van der Waals surface area contributed by atoms with Gasteiger partial charge in [-0.15, -0.1) is 0 Å². The Morgan fingerprint density at radius 2 is 1.10 bits per heavy atom. The molecule has 3 aromatic rings. The minimum atomic E-state index is -0.218. The maximum Gasteiger partial charge on any atom is 0.256 e. The zero-order chi connectivity index (χ0) is 29.4. The van der Waals surface area contributed by atoms with E-state index in [9.17, 15) is 9.59 Å². The molecular formula is C32H40Cl2N4O2. The van der Waals surface area contributed by atoms with Crippen LogP contribution in [0.1, 0.15) is 55.8 Å². The van der Waals surface area contributed by atoms with Crippen LogP contribution >= 0.6 is 23.2 Å². The fraction of sp³-hybridized carbons (Fsp3) is 0.375. The molecule has 8 heteroatoms. The maximum atomic E-state index is 13.8. The molecule has 0 heterocycles. The van der Waals surface area contributed by atoms with Crippen molar-refractivity contribution < 1.29 is 9.59 Å². The summed E-state index contributed by atoms with van der Waals surface area (Å²) in [6.45, 7) is 5.55. The van der Waals surface area contributed by atoms with Crippen molar-refractivity contribution in [3.8, 4) is 0 Å². The van der Waals surface area contributed by atoms with E-state index in [0.29, 0.717) is 45.4 Å². The minimum Gasteiger partial charge on any atom is -0.322 e. The van der Waals surface area contributed by atoms with Gasteiger partial charge in [-0.1, -0.05) is 23.2 Å². The molecule has 0 aliphatic heterocycles. The molecule has 3 rings (SSSR count). The molecule has 0 unspecified atom stereocenters. The molecule has 2 N–H and O–H groups in total. The highest BCUT2D eigenvalue weighted by atomic mass is 35.5. The molecule has 0 radical (unpaired) electrons. The summed E-state index contributed by atoms with van der Waals surface area (Å²) in [7, 11) is 8.12. The van der Waals surface area contributed by atoms with Crippen molar-refractivity contribution in [3.63, 3.8) is 0 Å². The van der Waals surface area contributed by atoms with E-state index in [4.69, 9.17) is 23.2 Å². The molecule has 3 aromatic carbocycles. The van der Waals surface area contributed by atoms with E-state index in [2.05, 4.69) is 20.4 Å². The Balaban J connectivity index is 2.03. The Kier molecular flexibility index (Phi) is 11.6. The Hall–Kier alpha value is -2.90. The van der Waals surface area contributed by atoms with Gasteiger partial charge in [-0.2, -0.15) is 0 Å². The topological polar surface area (TPSA) is 64.7 Å². The van der Waals surface area contributed by atoms with E-state index in [0.717, 1.165) is 48.2 Å². The van der Waals surface area contributed by atoms with Gasteiger partial charge in [-0.05, 0) is 152 Å². The van der Waals surface area contributed by atoms with Crippen molar-refractivity contribution in [2.75, 3.05) is 51.9 Å².